The number of rotatable bonds is 8. The molecule has 0 saturated heterocycles. The van der Waals surface area contributed by atoms with Crippen LogP contribution < -0.4 is 5.32 Å². The van der Waals surface area contributed by atoms with Crippen molar-refractivity contribution in [1.82, 2.24) is 5.32 Å². The Balaban J connectivity index is 4.23. The normalized spacial score (nSPS) is 13.5. The van der Waals surface area contributed by atoms with E-state index in [9.17, 15) is 9.18 Å². The van der Waals surface area contributed by atoms with Gasteiger partial charge in [0, 0.05) is 6.54 Å². The lowest BCUT2D eigenvalue weighted by molar-refractivity contribution is 0.221. The Kier molecular flexibility index (Phi) is 7.10. The van der Waals surface area contributed by atoms with Gasteiger partial charge in [0.1, 0.15) is 0 Å². The molecule has 0 radical (unpaired) electrons. The van der Waals surface area contributed by atoms with Crippen LogP contribution in [0, 0.1) is 0 Å². The Morgan fingerprint density at radius 1 is 1.05 bits per heavy atom. The summed E-state index contributed by atoms with van der Waals surface area (Å²) < 4.78 is 24.5. The predicted molar refractivity (Wildman–Crippen MR) is 84.4 cm³/mol. The van der Waals surface area contributed by atoms with Crippen LogP contribution in [0.5, 0.6) is 0 Å². The van der Waals surface area contributed by atoms with Crippen LogP contribution in [0.25, 0.3) is 0 Å². The van der Waals surface area contributed by atoms with Crippen LogP contribution in [0.4, 0.5) is 9.18 Å². The molecule has 0 spiro atoms. The first-order chi connectivity index (χ1) is 8.33. The molecule has 0 rings (SSSR count). The summed E-state index contributed by atoms with van der Waals surface area (Å²) >= 11 is 0. The summed E-state index contributed by atoms with van der Waals surface area (Å²) in [6.45, 7) is 15.3. The van der Waals surface area contributed by atoms with Crippen LogP contribution in [0.1, 0.15) is 6.42 Å². The van der Waals surface area contributed by atoms with E-state index < -0.39 is 31.4 Å². The molecule has 0 aliphatic rings. The molecule has 8 heteroatoms. The molecular formula is C11H28FNO3Si3. The van der Waals surface area contributed by atoms with Gasteiger partial charge in [-0.3, -0.25) is 0 Å². The van der Waals surface area contributed by atoms with Gasteiger partial charge in [0.15, 0.2) is 16.6 Å². The van der Waals surface area contributed by atoms with Gasteiger partial charge in [-0.1, -0.05) is 0 Å². The number of carbonyl (C=O) groups excluding carboxylic acids is 1. The average Bonchev–Trinajstić information content (AvgIpc) is 2.05. The SMILES string of the molecule is C[Si](C)(C)O[Si](C)(C)O[Si](C)(C)CCCNC(=O)F. The van der Waals surface area contributed by atoms with Crippen molar-refractivity contribution in [2.75, 3.05) is 6.54 Å². The minimum atomic E-state index is -2.09. The Morgan fingerprint density at radius 3 is 2.00 bits per heavy atom. The maximum atomic E-state index is 12.0. The molecule has 0 aromatic carbocycles. The summed E-state index contributed by atoms with van der Waals surface area (Å²) in [5.41, 5.74) is 0. The van der Waals surface area contributed by atoms with Crippen LogP contribution in [-0.2, 0) is 8.23 Å². The topological polar surface area (TPSA) is 47.6 Å². The Morgan fingerprint density at radius 2 is 1.58 bits per heavy atom. The maximum absolute atomic E-state index is 12.0. The van der Waals surface area contributed by atoms with Gasteiger partial charge in [0.2, 0.25) is 0 Å². The predicted octanol–water partition coefficient (Wildman–Crippen LogP) is 3.83. The third kappa shape index (κ3) is 11.5. The average molecular weight is 326 g/mol. The van der Waals surface area contributed by atoms with Crippen LogP contribution in [0.15, 0.2) is 0 Å². The van der Waals surface area contributed by atoms with Crippen molar-refractivity contribution in [1.29, 1.82) is 0 Å². The van der Waals surface area contributed by atoms with E-state index in [2.05, 4.69) is 51.1 Å². The second-order valence-corrected chi connectivity index (χ2v) is 19.5. The smallest absolute Gasteiger partial charge is 0.397 e. The molecule has 0 heterocycles. The first-order valence-corrected chi connectivity index (χ1v) is 16.0. The second-order valence-electron chi connectivity index (χ2n) is 6.78. The fourth-order valence-corrected chi connectivity index (χ4v) is 15.4. The van der Waals surface area contributed by atoms with E-state index in [1.165, 1.54) is 0 Å². The lowest BCUT2D eigenvalue weighted by Gasteiger charge is -2.37. The molecule has 0 aliphatic carbocycles. The highest BCUT2D eigenvalue weighted by molar-refractivity contribution is 6.87. The number of hydrogen-bond donors (Lipinski definition) is 1. The molecule has 0 aromatic heterocycles. The number of nitrogens with one attached hydrogen (secondary N) is 1. The summed E-state index contributed by atoms with van der Waals surface area (Å²) in [7, 11) is -5.51. The summed E-state index contributed by atoms with van der Waals surface area (Å²) in [5, 5.41) is 2.17. The molecule has 0 fully saturated rings. The first kappa shape index (κ1) is 19.0. The lowest BCUT2D eigenvalue weighted by Crippen LogP contribution is -2.51. The Hall–Kier alpha value is -0.0294. The van der Waals surface area contributed by atoms with Crippen molar-refractivity contribution in [3.8, 4) is 0 Å². The van der Waals surface area contributed by atoms with Gasteiger partial charge in [-0.15, -0.1) is 4.39 Å². The summed E-state index contributed by atoms with van der Waals surface area (Å²) in [5.74, 6) is 0. The zero-order chi connectivity index (χ0) is 15.3. The molecule has 0 aromatic rings. The summed E-state index contributed by atoms with van der Waals surface area (Å²) in [6, 6.07) is 0.888. The van der Waals surface area contributed by atoms with Crippen molar-refractivity contribution < 1.29 is 17.4 Å². The molecule has 1 amide bonds. The van der Waals surface area contributed by atoms with E-state index in [1.807, 2.05) is 0 Å². The highest BCUT2D eigenvalue weighted by Crippen LogP contribution is 2.23. The van der Waals surface area contributed by atoms with Gasteiger partial charge < -0.3 is 13.5 Å². The molecule has 0 unspecified atom stereocenters. The highest BCUT2D eigenvalue weighted by Gasteiger charge is 2.37. The highest BCUT2D eigenvalue weighted by atomic mass is 28.5. The molecule has 0 atom stereocenters. The second kappa shape index (κ2) is 7.12. The number of hydrogen-bond acceptors (Lipinski definition) is 3. The molecular weight excluding hydrogens is 297 g/mol. The molecule has 1 N–H and O–H groups in total. The van der Waals surface area contributed by atoms with Crippen molar-refractivity contribution >= 4 is 31.4 Å². The third-order valence-electron chi connectivity index (χ3n) is 2.29. The molecule has 0 bridgehead atoms. The van der Waals surface area contributed by atoms with Gasteiger partial charge in [-0.25, -0.2) is 4.79 Å². The van der Waals surface area contributed by atoms with Gasteiger partial charge in [-0.05, 0) is 58.3 Å². The van der Waals surface area contributed by atoms with Gasteiger partial charge in [0.25, 0.3) is 0 Å². The number of halogens is 1. The van der Waals surface area contributed by atoms with Crippen molar-refractivity contribution in [3.05, 3.63) is 0 Å². The summed E-state index contributed by atoms with van der Waals surface area (Å²) in [4.78, 5) is 10.1. The van der Waals surface area contributed by atoms with Crippen molar-refractivity contribution in [3.63, 3.8) is 0 Å². The van der Waals surface area contributed by atoms with Crippen molar-refractivity contribution in [2.24, 2.45) is 0 Å². The van der Waals surface area contributed by atoms with Gasteiger partial charge in [0.05, 0.1) is 0 Å². The molecule has 114 valence electrons. The van der Waals surface area contributed by atoms with E-state index in [0.29, 0.717) is 6.54 Å². The van der Waals surface area contributed by atoms with E-state index in [0.717, 1.165) is 12.5 Å². The van der Waals surface area contributed by atoms with Gasteiger partial charge >= 0.3 is 14.7 Å². The monoisotopic (exact) mass is 325 g/mol. The van der Waals surface area contributed by atoms with E-state index in [4.69, 9.17) is 8.23 Å². The zero-order valence-electron chi connectivity index (χ0n) is 13.2. The van der Waals surface area contributed by atoms with Crippen LogP contribution >= 0.6 is 0 Å². The van der Waals surface area contributed by atoms with Crippen LogP contribution in [-0.4, -0.2) is 37.9 Å². The fourth-order valence-electron chi connectivity index (χ4n) is 2.18. The summed E-state index contributed by atoms with van der Waals surface area (Å²) in [6.07, 6.45) is -0.719. The minimum absolute atomic E-state index is 0.367. The molecule has 19 heavy (non-hydrogen) atoms. The number of amides is 1. The van der Waals surface area contributed by atoms with Gasteiger partial charge in [-0.2, -0.15) is 0 Å². The molecule has 0 saturated carbocycles. The lowest BCUT2D eigenvalue weighted by atomic mass is 10.5. The van der Waals surface area contributed by atoms with Crippen LogP contribution in [0.3, 0.4) is 0 Å². The first-order valence-electron chi connectivity index (χ1n) is 6.67. The van der Waals surface area contributed by atoms with E-state index in [-0.39, 0.29) is 0 Å². The maximum Gasteiger partial charge on any atom is 0.397 e. The van der Waals surface area contributed by atoms with E-state index >= 15 is 0 Å². The number of carbonyl (C=O) groups is 1. The standard InChI is InChI=1S/C11H28FNO3Si3/c1-17(2,3)15-19(6,7)16-18(4,5)10-8-9-13-11(12)14/h8-10H2,1-7H3,(H,13,14). The largest absolute Gasteiger partial charge is 0.437 e. The quantitative estimate of drug-likeness (QED) is 0.319. The minimum Gasteiger partial charge on any atom is -0.437 e. The molecule has 0 aliphatic heterocycles. The Bertz CT molecular complexity index is 306. The van der Waals surface area contributed by atoms with Crippen molar-refractivity contribution in [2.45, 2.75) is 58.3 Å². The fraction of sp³-hybridized carbons (Fsp3) is 0.909. The molecule has 4 nitrogen and oxygen atoms in total. The zero-order valence-corrected chi connectivity index (χ0v) is 16.2. The van der Waals surface area contributed by atoms with Crippen LogP contribution in [0.2, 0.25) is 51.9 Å². The third-order valence-corrected chi connectivity index (χ3v) is 12.4. The Labute approximate surface area is 119 Å². The van der Waals surface area contributed by atoms with E-state index in [1.54, 1.807) is 0 Å².